The smallest absolute Gasteiger partial charge is 0.104 e. The molecule has 2 aromatic rings. The summed E-state index contributed by atoms with van der Waals surface area (Å²) in [4.78, 5) is 11.9. The molecule has 0 atom stereocenters. The normalized spacial score (nSPS) is 13.9. The SMILES string of the molecule is Cc1nc2cc3c(cc2[nH]1)CC=N3. The molecule has 0 amide bonds. The van der Waals surface area contributed by atoms with Crippen molar-refractivity contribution in [2.45, 2.75) is 13.3 Å². The fraction of sp³-hybridized carbons (Fsp3) is 0.200. The minimum Gasteiger partial charge on any atom is -0.342 e. The molecule has 3 nitrogen and oxygen atoms in total. The number of imidazole rings is 1. The molecule has 3 heteroatoms. The van der Waals surface area contributed by atoms with E-state index in [2.05, 4.69) is 21.0 Å². The lowest BCUT2D eigenvalue weighted by molar-refractivity contribution is 1.17. The van der Waals surface area contributed by atoms with Crippen LogP contribution in [0.1, 0.15) is 11.4 Å². The van der Waals surface area contributed by atoms with Gasteiger partial charge in [-0.1, -0.05) is 0 Å². The first kappa shape index (κ1) is 6.83. The van der Waals surface area contributed by atoms with Crippen molar-refractivity contribution in [3.8, 4) is 0 Å². The third kappa shape index (κ3) is 0.900. The van der Waals surface area contributed by atoms with Gasteiger partial charge in [-0.25, -0.2) is 4.98 Å². The van der Waals surface area contributed by atoms with Gasteiger partial charge >= 0.3 is 0 Å². The highest BCUT2D eigenvalue weighted by Gasteiger charge is 2.09. The average Bonchev–Trinajstić information content (AvgIpc) is 2.63. The van der Waals surface area contributed by atoms with Crippen molar-refractivity contribution in [3.63, 3.8) is 0 Å². The second-order valence-corrected chi connectivity index (χ2v) is 3.34. The number of rotatable bonds is 0. The zero-order chi connectivity index (χ0) is 8.84. The second-order valence-electron chi connectivity index (χ2n) is 3.34. The first-order chi connectivity index (χ1) is 6.33. The molecule has 1 aliphatic heterocycles. The molecule has 0 saturated carbocycles. The van der Waals surface area contributed by atoms with Gasteiger partial charge in [0.05, 0.1) is 16.7 Å². The summed E-state index contributed by atoms with van der Waals surface area (Å²) in [6, 6.07) is 4.18. The number of hydrogen-bond acceptors (Lipinski definition) is 2. The van der Waals surface area contributed by atoms with Crippen LogP contribution in [0.5, 0.6) is 0 Å². The summed E-state index contributed by atoms with van der Waals surface area (Å²) in [6.07, 6.45) is 2.89. The number of aliphatic imine (C=N–C) groups is 1. The summed E-state index contributed by atoms with van der Waals surface area (Å²) in [5.74, 6) is 0.961. The molecule has 0 saturated heterocycles. The van der Waals surface area contributed by atoms with Crippen LogP contribution in [-0.4, -0.2) is 16.2 Å². The number of aromatic nitrogens is 2. The van der Waals surface area contributed by atoms with E-state index < -0.39 is 0 Å². The van der Waals surface area contributed by atoms with Crippen LogP contribution in [0.4, 0.5) is 5.69 Å². The quantitative estimate of drug-likeness (QED) is 0.648. The Labute approximate surface area is 75.5 Å². The lowest BCUT2D eigenvalue weighted by Crippen LogP contribution is -1.78. The van der Waals surface area contributed by atoms with E-state index >= 15 is 0 Å². The summed E-state index contributed by atoms with van der Waals surface area (Å²) < 4.78 is 0. The number of H-pyrrole nitrogens is 1. The molecule has 1 N–H and O–H groups in total. The van der Waals surface area contributed by atoms with Gasteiger partial charge in [-0.15, -0.1) is 0 Å². The molecule has 0 fully saturated rings. The Hall–Kier alpha value is -1.64. The zero-order valence-electron chi connectivity index (χ0n) is 7.33. The Bertz CT molecular complexity index is 508. The Kier molecular flexibility index (Phi) is 1.15. The highest BCUT2D eigenvalue weighted by atomic mass is 14.9. The van der Waals surface area contributed by atoms with Crippen LogP contribution in [0.25, 0.3) is 11.0 Å². The molecular weight excluding hydrogens is 162 g/mol. The van der Waals surface area contributed by atoms with Crippen LogP contribution in [0, 0.1) is 6.92 Å². The highest BCUT2D eigenvalue weighted by Crippen LogP contribution is 2.28. The third-order valence-electron chi connectivity index (χ3n) is 2.34. The van der Waals surface area contributed by atoms with Crippen molar-refractivity contribution in [1.29, 1.82) is 0 Å². The van der Waals surface area contributed by atoms with Gasteiger partial charge in [0.15, 0.2) is 0 Å². The standard InChI is InChI=1S/C10H9N3/c1-6-12-9-4-7-2-3-11-8(7)5-10(9)13-6/h3-5H,2H2,1H3,(H,12,13). The van der Waals surface area contributed by atoms with Gasteiger partial charge in [0.1, 0.15) is 5.82 Å². The third-order valence-corrected chi connectivity index (χ3v) is 2.34. The van der Waals surface area contributed by atoms with Crippen LogP contribution in [-0.2, 0) is 6.42 Å². The molecule has 64 valence electrons. The van der Waals surface area contributed by atoms with E-state index in [4.69, 9.17) is 0 Å². The molecular formula is C10H9N3. The lowest BCUT2D eigenvalue weighted by Gasteiger charge is -1.95. The summed E-state index contributed by atoms with van der Waals surface area (Å²) >= 11 is 0. The maximum atomic E-state index is 4.36. The van der Waals surface area contributed by atoms with E-state index in [0.29, 0.717) is 0 Å². The summed E-state index contributed by atoms with van der Waals surface area (Å²) in [6.45, 7) is 1.97. The van der Waals surface area contributed by atoms with Gasteiger partial charge in [-0.05, 0) is 24.6 Å². The topological polar surface area (TPSA) is 41.0 Å². The van der Waals surface area contributed by atoms with E-state index in [-0.39, 0.29) is 0 Å². The number of nitrogens with one attached hydrogen (secondary N) is 1. The molecule has 2 heterocycles. The fourth-order valence-corrected chi connectivity index (χ4v) is 1.74. The number of nitrogens with zero attached hydrogens (tertiary/aromatic N) is 2. The molecule has 3 rings (SSSR count). The Morgan fingerprint density at radius 1 is 1.38 bits per heavy atom. The molecule has 1 aliphatic rings. The highest BCUT2D eigenvalue weighted by molar-refractivity contribution is 5.86. The van der Waals surface area contributed by atoms with Gasteiger partial charge in [0.2, 0.25) is 0 Å². The van der Waals surface area contributed by atoms with Crippen LogP contribution in [0.3, 0.4) is 0 Å². The van der Waals surface area contributed by atoms with Gasteiger partial charge < -0.3 is 4.98 Å². The number of aryl methyl sites for hydroxylation is 1. The van der Waals surface area contributed by atoms with E-state index in [9.17, 15) is 0 Å². The van der Waals surface area contributed by atoms with Crippen molar-refractivity contribution in [2.24, 2.45) is 4.99 Å². The monoisotopic (exact) mass is 171 g/mol. The molecule has 0 spiro atoms. The van der Waals surface area contributed by atoms with Crippen LogP contribution in [0.15, 0.2) is 17.1 Å². The molecule has 1 aromatic heterocycles. The molecule has 0 bridgehead atoms. The van der Waals surface area contributed by atoms with Gasteiger partial charge in [-0.2, -0.15) is 0 Å². The minimum absolute atomic E-state index is 0.948. The van der Waals surface area contributed by atoms with Gasteiger partial charge in [-0.3, -0.25) is 4.99 Å². The zero-order valence-corrected chi connectivity index (χ0v) is 7.33. The van der Waals surface area contributed by atoms with Crippen LogP contribution < -0.4 is 0 Å². The van der Waals surface area contributed by atoms with E-state index in [1.807, 2.05) is 19.2 Å². The second kappa shape index (κ2) is 2.19. The molecule has 13 heavy (non-hydrogen) atoms. The van der Waals surface area contributed by atoms with Crippen molar-refractivity contribution < 1.29 is 0 Å². The van der Waals surface area contributed by atoms with Crippen molar-refractivity contribution in [1.82, 2.24) is 9.97 Å². The van der Waals surface area contributed by atoms with Crippen molar-refractivity contribution in [2.75, 3.05) is 0 Å². The Morgan fingerprint density at radius 2 is 2.31 bits per heavy atom. The molecule has 0 radical (unpaired) electrons. The van der Waals surface area contributed by atoms with Gasteiger partial charge in [0, 0.05) is 12.6 Å². The summed E-state index contributed by atoms with van der Waals surface area (Å²) in [7, 11) is 0. The van der Waals surface area contributed by atoms with Crippen molar-refractivity contribution >= 4 is 22.9 Å². The van der Waals surface area contributed by atoms with E-state index in [1.165, 1.54) is 5.56 Å². The Balaban J connectivity index is 2.39. The predicted molar refractivity (Wildman–Crippen MR) is 52.7 cm³/mol. The number of aromatic amines is 1. The first-order valence-electron chi connectivity index (χ1n) is 4.35. The number of benzene rings is 1. The van der Waals surface area contributed by atoms with Crippen molar-refractivity contribution in [3.05, 3.63) is 23.5 Å². The van der Waals surface area contributed by atoms with Crippen LogP contribution in [0.2, 0.25) is 0 Å². The minimum atomic E-state index is 0.948. The molecule has 0 unspecified atom stereocenters. The summed E-state index contributed by atoms with van der Waals surface area (Å²) in [5.41, 5.74) is 4.48. The van der Waals surface area contributed by atoms with E-state index in [1.54, 1.807) is 0 Å². The first-order valence-corrected chi connectivity index (χ1v) is 4.35. The lowest BCUT2D eigenvalue weighted by atomic mass is 10.1. The number of fused-ring (bicyclic) bond motifs is 2. The number of hydrogen-bond donors (Lipinski definition) is 1. The van der Waals surface area contributed by atoms with E-state index in [0.717, 1.165) is 29.0 Å². The van der Waals surface area contributed by atoms with Crippen LogP contribution >= 0.6 is 0 Å². The maximum Gasteiger partial charge on any atom is 0.104 e. The molecule has 1 aromatic carbocycles. The largest absolute Gasteiger partial charge is 0.342 e. The van der Waals surface area contributed by atoms with Gasteiger partial charge in [0.25, 0.3) is 0 Å². The molecule has 0 aliphatic carbocycles. The summed E-state index contributed by atoms with van der Waals surface area (Å²) in [5, 5.41) is 0. The fourth-order valence-electron chi connectivity index (χ4n) is 1.74. The average molecular weight is 171 g/mol. The maximum absolute atomic E-state index is 4.36. The predicted octanol–water partition coefficient (Wildman–Crippen LogP) is 2.13. The Morgan fingerprint density at radius 3 is 3.23 bits per heavy atom.